The lowest BCUT2D eigenvalue weighted by atomic mass is 9.92. The molecule has 0 unspecified atom stereocenters. The molecule has 1 aliphatic rings. The van der Waals surface area contributed by atoms with Gasteiger partial charge >= 0.3 is 0 Å². The highest BCUT2D eigenvalue weighted by Crippen LogP contribution is 2.25. The third kappa shape index (κ3) is 2.73. The largest absolute Gasteiger partial charge is 0.310 e. The van der Waals surface area contributed by atoms with Crippen molar-refractivity contribution >= 4 is 11.6 Å². The number of nitrogens with one attached hydrogen (secondary N) is 1. The molecule has 0 aromatic heterocycles. The van der Waals surface area contributed by atoms with Crippen molar-refractivity contribution in [2.24, 2.45) is 0 Å². The van der Waals surface area contributed by atoms with Crippen LogP contribution in [-0.4, -0.2) is 11.4 Å². The monoisotopic (exact) mass is 223 g/mol. The number of benzene rings is 1. The van der Waals surface area contributed by atoms with Gasteiger partial charge in [0.2, 0.25) is 0 Å². The van der Waals surface area contributed by atoms with Crippen molar-refractivity contribution in [3.63, 3.8) is 0 Å². The summed E-state index contributed by atoms with van der Waals surface area (Å²) in [6.45, 7) is 5.28. The summed E-state index contributed by atoms with van der Waals surface area (Å²) in [5.41, 5.74) is 4.11. The molecule has 0 aliphatic heterocycles. The van der Waals surface area contributed by atoms with Crippen LogP contribution in [0.1, 0.15) is 29.5 Å². The number of hydrogen-bond donors (Lipinski definition) is 1. The van der Waals surface area contributed by atoms with Gasteiger partial charge in [-0.1, -0.05) is 18.2 Å². The zero-order valence-electron chi connectivity index (χ0n) is 9.39. The lowest BCUT2D eigenvalue weighted by molar-refractivity contribution is 0.345. The van der Waals surface area contributed by atoms with Crippen molar-refractivity contribution in [2.45, 2.75) is 44.7 Å². The van der Waals surface area contributed by atoms with Gasteiger partial charge in [0.1, 0.15) is 0 Å². The van der Waals surface area contributed by atoms with Crippen LogP contribution in [0.5, 0.6) is 0 Å². The van der Waals surface area contributed by atoms with Crippen LogP contribution in [0.3, 0.4) is 0 Å². The molecule has 1 nitrogen and oxygen atoms in total. The highest BCUT2D eigenvalue weighted by Gasteiger charge is 2.26. The molecule has 15 heavy (non-hydrogen) atoms. The summed E-state index contributed by atoms with van der Waals surface area (Å²) < 4.78 is 0. The van der Waals surface area contributed by atoms with Crippen LogP contribution < -0.4 is 5.32 Å². The third-order valence-corrected chi connectivity index (χ3v) is 3.60. The number of aryl methyl sites for hydroxylation is 2. The molecule has 1 aliphatic carbocycles. The highest BCUT2D eigenvalue weighted by atomic mass is 35.5. The Morgan fingerprint density at radius 2 is 2.00 bits per heavy atom. The first-order chi connectivity index (χ1) is 7.15. The molecule has 0 amide bonds. The Morgan fingerprint density at radius 3 is 2.60 bits per heavy atom. The van der Waals surface area contributed by atoms with E-state index in [9.17, 15) is 0 Å². The van der Waals surface area contributed by atoms with Crippen molar-refractivity contribution in [1.29, 1.82) is 0 Å². The van der Waals surface area contributed by atoms with Crippen LogP contribution in [-0.2, 0) is 6.54 Å². The van der Waals surface area contributed by atoms with Crippen molar-refractivity contribution in [3.05, 3.63) is 34.9 Å². The number of halogens is 1. The number of hydrogen-bond acceptors (Lipinski definition) is 1. The van der Waals surface area contributed by atoms with E-state index in [4.69, 9.17) is 11.6 Å². The first-order valence-electron chi connectivity index (χ1n) is 5.59. The van der Waals surface area contributed by atoms with Gasteiger partial charge in [-0.15, -0.1) is 11.6 Å². The summed E-state index contributed by atoms with van der Waals surface area (Å²) in [4.78, 5) is 0. The van der Waals surface area contributed by atoms with Crippen LogP contribution in [0, 0.1) is 13.8 Å². The quantitative estimate of drug-likeness (QED) is 0.777. The molecule has 2 heteroatoms. The third-order valence-electron chi connectivity index (χ3n) is 3.25. The molecule has 2 rings (SSSR count). The van der Waals surface area contributed by atoms with Gasteiger partial charge < -0.3 is 5.32 Å². The zero-order chi connectivity index (χ0) is 10.8. The van der Waals surface area contributed by atoms with E-state index >= 15 is 0 Å². The predicted molar refractivity (Wildman–Crippen MR) is 65.4 cm³/mol. The van der Waals surface area contributed by atoms with Crippen LogP contribution >= 0.6 is 11.6 Å². The molecular weight excluding hydrogens is 206 g/mol. The van der Waals surface area contributed by atoms with Gasteiger partial charge in [-0.25, -0.2) is 0 Å². The van der Waals surface area contributed by atoms with E-state index in [1.165, 1.54) is 16.7 Å². The van der Waals surface area contributed by atoms with E-state index in [1.807, 2.05) is 0 Å². The molecular formula is C13H18ClN. The molecule has 1 N–H and O–H groups in total. The topological polar surface area (TPSA) is 12.0 Å². The average molecular weight is 224 g/mol. The second-order valence-corrected chi connectivity index (χ2v) is 5.18. The van der Waals surface area contributed by atoms with Gasteiger partial charge in [-0.2, -0.15) is 0 Å². The standard InChI is InChI=1S/C13H18ClN/c1-9-3-4-11(5-10(9)2)8-15-13-6-12(14)7-13/h3-5,12-13,15H,6-8H2,1-2H3. The molecule has 1 fully saturated rings. The second-order valence-electron chi connectivity index (χ2n) is 4.57. The Bertz CT molecular complexity index is 342. The SMILES string of the molecule is Cc1ccc(CNC2CC(Cl)C2)cc1C. The Labute approximate surface area is 96.8 Å². The van der Waals surface area contributed by atoms with E-state index in [1.54, 1.807) is 0 Å². The Balaban J connectivity index is 1.86. The molecule has 0 radical (unpaired) electrons. The number of rotatable bonds is 3. The van der Waals surface area contributed by atoms with E-state index < -0.39 is 0 Å². The van der Waals surface area contributed by atoms with Crippen molar-refractivity contribution < 1.29 is 0 Å². The summed E-state index contributed by atoms with van der Waals surface area (Å²) in [5, 5.41) is 3.93. The minimum absolute atomic E-state index is 0.405. The summed E-state index contributed by atoms with van der Waals surface area (Å²) in [6.07, 6.45) is 2.23. The van der Waals surface area contributed by atoms with Crippen LogP contribution in [0.25, 0.3) is 0 Å². The summed E-state index contributed by atoms with van der Waals surface area (Å²) in [5.74, 6) is 0. The van der Waals surface area contributed by atoms with E-state index in [-0.39, 0.29) is 0 Å². The van der Waals surface area contributed by atoms with Gasteiger partial charge in [-0.3, -0.25) is 0 Å². The fourth-order valence-electron chi connectivity index (χ4n) is 1.89. The molecule has 1 saturated carbocycles. The summed E-state index contributed by atoms with van der Waals surface area (Å²) >= 11 is 5.93. The van der Waals surface area contributed by atoms with Crippen molar-refractivity contribution in [2.75, 3.05) is 0 Å². The maximum absolute atomic E-state index is 5.93. The highest BCUT2D eigenvalue weighted by molar-refractivity contribution is 6.21. The summed E-state index contributed by atoms with van der Waals surface area (Å²) in [7, 11) is 0. The Hall–Kier alpha value is -0.530. The van der Waals surface area contributed by atoms with E-state index in [2.05, 4.69) is 37.4 Å². The van der Waals surface area contributed by atoms with Crippen molar-refractivity contribution in [1.82, 2.24) is 5.32 Å². The Morgan fingerprint density at radius 1 is 1.27 bits per heavy atom. The minimum Gasteiger partial charge on any atom is -0.310 e. The Kier molecular flexibility index (Phi) is 3.32. The first-order valence-corrected chi connectivity index (χ1v) is 6.02. The minimum atomic E-state index is 0.405. The van der Waals surface area contributed by atoms with Gasteiger partial charge in [-0.05, 0) is 43.4 Å². The first kappa shape index (κ1) is 11.0. The lowest BCUT2D eigenvalue weighted by Gasteiger charge is -2.31. The van der Waals surface area contributed by atoms with E-state index in [0.717, 1.165) is 19.4 Å². The molecule has 0 atom stereocenters. The average Bonchev–Trinajstić information content (AvgIpc) is 2.16. The van der Waals surface area contributed by atoms with Gasteiger partial charge in [0.25, 0.3) is 0 Å². The van der Waals surface area contributed by atoms with E-state index in [0.29, 0.717) is 11.4 Å². The molecule has 0 heterocycles. The maximum Gasteiger partial charge on any atom is 0.0365 e. The fraction of sp³-hybridized carbons (Fsp3) is 0.538. The van der Waals surface area contributed by atoms with Gasteiger partial charge in [0.15, 0.2) is 0 Å². The predicted octanol–water partition coefficient (Wildman–Crippen LogP) is 3.16. The van der Waals surface area contributed by atoms with Crippen LogP contribution in [0.2, 0.25) is 0 Å². The smallest absolute Gasteiger partial charge is 0.0365 e. The molecule has 0 saturated heterocycles. The van der Waals surface area contributed by atoms with Gasteiger partial charge in [0.05, 0.1) is 0 Å². The molecule has 1 aromatic rings. The summed E-state index contributed by atoms with van der Waals surface area (Å²) in [6, 6.07) is 7.29. The zero-order valence-corrected chi connectivity index (χ0v) is 10.1. The lowest BCUT2D eigenvalue weighted by Crippen LogP contribution is -2.41. The molecule has 1 aromatic carbocycles. The second kappa shape index (κ2) is 4.54. The normalized spacial score (nSPS) is 25.0. The maximum atomic E-state index is 5.93. The molecule has 0 bridgehead atoms. The fourth-order valence-corrected chi connectivity index (χ4v) is 2.32. The van der Waals surface area contributed by atoms with Crippen molar-refractivity contribution in [3.8, 4) is 0 Å². The van der Waals surface area contributed by atoms with Crippen LogP contribution in [0.15, 0.2) is 18.2 Å². The number of alkyl halides is 1. The van der Waals surface area contributed by atoms with Gasteiger partial charge in [0, 0.05) is 18.0 Å². The molecule has 0 spiro atoms. The van der Waals surface area contributed by atoms with Crippen LogP contribution in [0.4, 0.5) is 0 Å². The molecule has 82 valence electrons.